The van der Waals surface area contributed by atoms with Crippen molar-refractivity contribution in [2.24, 2.45) is 0 Å². The molecule has 7 nitrogen and oxygen atoms in total. The minimum absolute atomic E-state index is 0.0121. The number of carbonyl (C=O) groups is 2. The van der Waals surface area contributed by atoms with E-state index in [0.29, 0.717) is 26.9 Å². The molecule has 2 aromatic carbocycles. The van der Waals surface area contributed by atoms with E-state index in [1.54, 1.807) is 32.2 Å². The molecule has 1 aliphatic rings. The SMILES string of the molecule is COc1cccc(C2C(C(=O)c3sc(-c4ccccc4)nc3C)=C(O)C(=O)N2CCOC(C)C)c1. The highest BCUT2D eigenvalue weighted by atomic mass is 32.1. The van der Waals surface area contributed by atoms with Gasteiger partial charge in [-0.3, -0.25) is 9.59 Å². The maximum atomic E-state index is 13.8. The van der Waals surface area contributed by atoms with Gasteiger partial charge in [0.25, 0.3) is 5.91 Å². The molecular weight excluding hydrogens is 464 g/mol. The topological polar surface area (TPSA) is 89.0 Å². The number of aryl methyl sites for hydroxylation is 1. The van der Waals surface area contributed by atoms with Gasteiger partial charge in [0.05, 0.1) is 42.0 Å². The molecule has 0 aliphatic carbocycles. The van der Waals surface area contributed by atoms with Gasteiger partial charge in [0.2, 0.25) is 5.78 Å². The van der Waals surface area contributed by atoms with Crippen LogP contribution in [0.4, 0.5) is 0 Å². The molecule has 1 aromatic heterocycles. The fraction of sp³-hybridized carbons (Fsp3) is 0.296. The molecule has 0 bridgehead atoms. The van der Waals surface area contributed by atoms with E-state index >= 15 is 0 Å². The maximum Gasteiger partial charge on any atom is 0.290 e. The van der Waals surface area contributed by atoms with Crippen molar-refractivity contribution >= 4 is 23.0 Å². The molecule has 1 N–H and O–H groups in total. The molecule has 0 radical (unpaired) electrons. The molecule has 35 heavy (non-hydrogen) atoms. The average molecular weight is 493 g/mol. The van der Waals surface area contributed by atoms with Gasteiger partial charge in [0.15, 0.2) is 5.76 Å². The Morgan fingerprint density at radius 1 is 1.17 bits per heavy atom. The van der Waals surface area contributed by atoms with Crippen LogP contribution in [0.25, 0.3) is 10.6 Å². The van der Waals surface area contributed by atoms with Crippen molar-refractivity contribution in [3.8, 4) is 16.3 Å². The third-order valence-corrected chi connectivity index (χ3v) is 6.97. The number of aromatic nitrogens is 1. The fourth-order valence-corrected chi connectivity index (χ4v) is 5.12. The zero-order chi connectivity index (χ0) is 25.1. The number of hydrogen-bond donors (Lipinski definition) is 1. The Hall–Kier alpha value is -3.49. The third-order valence-electron chi connectivity index (χ3n) is 5.76. The summed E-state index contributed by atoms with van der Waals surface area (Å²) in [5.41, 5.74) is 2.16. The summed E-state index contributed by atoms with van der Waals surface area (Å²) in [5, 5.41) is 11.6. The quantitative estimate of drug-likeness (QED) is 0.417. The van der Waals surface area contributed by atoms with Gasteiger partial charge in [-0.1, -0.05) is 42.5 Å². The second-order valence-electron chi connectivity index (χ2n) is 8.49. The van der Waals surface area contributed by atoms with E-state index in [-0.39, 0.29) is 24.8 Å². The number of thiazole rings is 1. The van der Waals surface area contributed by atoms with Crippen LogP contribution >= 0.6 is 11.3 Å². The van der Waals surface area contributed by atoms with Crippen molar-refractivity contribution in [2.75, 3.05) is 20.3 Å². The van der Waals surface area contributed by atoms with E-state index in [0.717, 1.165) is 5.56 Å². The average Bonchev–Trinajstić information content (AvgIpc) is 3.37. The van der Waals surface area contributed by atoms with Crippen molar-refractivity contribution < 1.29 is 24.2 Å². The predicted octanol–water partition coefficient (Wildman–Crippen LogP) is 5.13. The first-order chi connectivity index (χ1) is 16.8. The van der Waals surface area contributed by atoms with E-state index in [9.17, 15) is 14.7 Å². The fourth-order valence-electron chi connectivity index (χ4n) is 4.09. The van der Waals surface area contributed by atoms with Gasteiger partial charge < -0.3 is 19.5 Å². The van der Waals surface area contributed by atoms with Crippen molar-refractivity contribution in [2.45, 2.75) is 32.9 Å². The molecule has 1 atom stereocenters. The second kappa shape index (κ2) is 10.4. The summed E-state index contributed by atoms with van der Waals surface area (Å²) in [4.78, 5) is 33.4. The number of rotatable bonds is 9. The first kappa shape index (κ1) is 24.6. The third kappa shape index (κ3) is 4.99. The Kier molecular flexibility index (Phi) is 7.33. The number of aliphatic hydroxyl groups excluding tert-OH is 1. The smallest absolute Gasteiger partial charge is 0.290 e. The molecule has 4 rings (SSSR count). The van der Waals surface area contributed by atoms with Crippen molar-refractivity contribution in [1.82, 2.24) is 9.88 Å². The van der Waals surface area contributed by atoms with Gasteiger partial charge in [0, 0.05) is 12.1 Å². The summed E-state index contributed by atoms with van der Waals surface area (Å²) in [6.45, 7) is 6.08. The number of Topliss-reactive ketones (excluding diaryl/α,β-unsaturated/α-hetero) is 1. The number of aliphatic hydroxyl groups is 1. The van der Waals surface area contributed by atoms with E-state index in [1.807, 2.05) is 50.2 Å². The zero-order valence-corrected chi connectivity index (χ0v) is 21.0. The van der Waals surface area contributed by atoms with Crippen LogP contribution in [0.5, 0.6) is 5.75 Å². The normalized spacial score (nSPS) is 15.9. The summed E-state index contributed by atoms with van der Waals surface area (Å²) in [6, 6.07) is 16.0. The molecule has 0 saturated heterocycles. The number of ketones is 1. The zero-order valence-electron chi connectivity index (χ0n) is 20.1. The van der Waals surface area contributed by atoms with E-state index in [1.165, 1.54) is 16.2 Å². The van der Waals surface area contributed by atoms with Gasteiger partial charge >= 0.3 is 0 Å². The second-order valence-corrected chi connectivity index (χ2v) is 9.49. The van der Waals surface area contributed by atoms with Crippen LogP contribution in [0.1, 0.15) is 40.8 Å². The highest BCUT2D eigenvalue weighted by molar-refractivity contribution is 7.17. The number of benzene rings is 2. The summed E-state index contributed by atoms with van der Waals surface area (Å²) >= 11 is 1.25. The molecular formula is C27H28N2O5S. The lowest BCUT2D eigenvalue weighted by molar-refractivity contribution is -0.130. The molecule has 0 fully saturated rings. The van der Waals surface area contributed by atoms with Crippen molar-refractivity contribution in [3.63, 3.8) is 0 Å². The number of carbonyl (C=O) groups excluding carboxylic acids is 2. The van der Waals surface area contributed by atoms with Crippen molar-refractivity contribution in [1.29, 1.82) is 0 Å². The lowest BCUT2D eigenvalue weighted by Crippen LogP contribution is -2.34. The van der Waals surface area contributed by atoms with E-state index < -0.39 is 23.5 Å². The molecule has 0 saturated carbocycles. The number of methoxy groups -OCH3 is 1. The van der Waals surface area contributed by atoms with Crippen LogP contribution in [0.3, 0.4) is 0 Å². The Morgan fingerprint density at radius 3 is 2.60 bits per heavy atom. The molecule has 1 unspecified atom stereocenters. The number of amides is 1. The molecule has 1 amide bonds. The van der Waals surface area contributed by atoms with Crippen LogP contribution in [-0.2, 0) is 9.53 Å². The van der Waals surface area contributed by atoms with Gasteiger partial charge in [-0.2, -0.15) is 0 Å². The molecule has 1 aliphatic heterocycles. The minimum atomic E-state index is -0.775. The monoisotopic (exact) mass is 492 g/mol. The first-order valence-electron chi connectivity index (χ1n) is 11.4. The number of nitrogens with zero attached hydrogens (tertiary/aromatic N) is 2. The summed E-state index contributed by atoms with van der Waals surface area (Å²) in [6.07, 6.45) is -0.0121. The van der Waals surface area contributed by atoms with Gasteiger partial charge in [0.1, 0.15) is 10.8 Å². The van der Waals surface area contributed by atoms with Crippen LogP contribution < -0.4 is 4.74 Å². The molecule has 3 aromatic rings. The minimum Gasteiger partial charge on any atom is -0.503 e. The van der Waals surface area contributed by atoms with E-state index in [4.69, 9.17) is 9.47 Å². The highest BCUT2D eigenvalue weighted by Crippen LogP contribution is 2.41. The van der Waals surface area contributed by atoms with Crippen molar-refractivity contribution in [3.05, 3.63) is 82.1 Å². The summed E-state index contributed by atoms with van der Waals surface area (Å²) in [5.74, 6) is -0.958. The first-order valence-corrected chi connectivity index (χ1v) is 12.2. The van der Waals surface area contributed by atoms with Crippen LogP contribution in [0, 0.1) is 6.92 Å². The molecule has 2 heterocycles. The van der Waals surface area contributed by atoms with Gasteiger partial charge in [-0.05, 0) is 38.5 Å². The Labute approximate surface area is 208 Å². The lowest BCUT2D eigenvalue weighted by atomic mass is 9.95. The van der Waals surface area contributed by atoms with Crippen LogP contribution in [-0.4, -0.2) is 53.0 Å². The summed E-state index contributed by atoms with van der Waals surface area (Å²) < 4.78 is 11.0. The largest absolute Gasteiger partial charge is 0.503 e. The number of hydrogen-bond acceptors (Lipinski definition) is 7. The Balaban J connectivity index is 1.75. The molecule has 8 heteroatoms. The van der Waals surface area contributed by atoms with Crippen LogP contribution in [0.15, 0.2) is 65.9 Å². The lowest BCUT2D eigenvalue weighted by Gasteiger charge is -2.27. The van der Waals surface area contributed by atoms with Gasteiger partial charge in [-0.15, -0.1) is 11.3 Å². The standard InChI is InChI=1S/C27H28N2O5S/c1-16(2)34-14-13-29-22(19-11-8-12-20(15-19)33-4)21(24(31)27(29)32)23(30)25-17(3)28-26(35-25)18-9-6-5-7-10-18/h5-12,15-16,22,31H,13-14H2,1-4H3. The maximum absolute atomic E-state index is 13.8. The highest BCUT2D eigenvalue weighted by Gasteiger charge is 2.44. The molecule has 182 valence electrons. The predicted molar refractivity (Wildman–Crippen MR) is 135 cm³/mol. The Bertz CT molecular complexity index is 1270. The van der Waals surface area contributed by atoms with E-state index in [2.05, 4.69) is 4.98 Å². The molecule has 0 spiro atoms. The Morgan fingerprint density at radius 2 is 1.91 bits per heavy atom. The summed E-state index contributed by atoms with van der Waals surface area (Å²) in [7, 11) is 1.55. The van der Waals surface area contributed by atoms with Gasteiger partial charge in [-0.25, -0.2) is 4.98 Å². The number of ether oxygens (including phenoxy) is 2. The van der Waals surface area contributed by atoms with Crippen LogP contribution in [0.2, 0.25) is 0 Å².